The van der Waals surface area contributed by atoms with E-state index in [-0.39, 0.29) is 19.1 Å². The number of nitrogens with zero attached hydrogens (tertiary/aromatic N) is 4. The van der Waals surface area contributed by atoms with Crippen molar-refractivity contribution in [1.29, 1.82) is 0 Å². The lowest BCUT2D eigenvalue weighted by Gasteiger charge is -2.20. The zero-order valence-electron chi connectivity index (χ0n) is 17.7. The molecule has 0 saturated carbocycles. The smallest absolute Gasteiger partial charge is 0.392 e. The van der Waals surface area contributed by atoms with Crippen LogP contribution in [0.25, 0.3) is 11.2 Å². The Morgan fingerprint density at radius 1 is 1.06 bits per heavy atom. The highest BCUT2D eigenvalue weighted by Crippen LogP contribution is 2.45. The number of anilines is 1. The van der Waals surface area contributed by atoms with E-state index in [1.165, 1.54) is 25.2 Å². The quantitative estimate of drug-likeness (QED) is 0.169. The summed E-state index contributed by atoms with van der Waals surface area (Å²) in [4.78, 5) is 13.5. The van der Waals surface area contributed by atoms with E-state index in [2.05, 4.69) is 15.0 Å². The molecule has 0 aliphatic rings. The first-order valence-corrected chi connectivity index (χ1v) is 12.4. The van der Waals surface area contributed by atoms with E-state index in [4.69, 9.17) is 15.2 Å². The third-order valence-corrected chi connectivity index (χ3v) is 7.48. The average molecular weight is 527 g/mol. The molecule has 2 heterocycles. The summed E-state index contributed by atoms with van der Waals surface area (Å²) in [5.74, 6) is 0.603. The van der Waals surface area contributed by atoms with Gasteiger partial charge in [-0.05, 0) is 12.1 Å². The molecule has 0 bridgehead atoms. The van der Waals surface area contributed by atoms with Gasteiger partial charge in [-0.2, -0.15) is 31.3 Å². The van der Waals surface area contributed by atoms with Crippen LogP contribution >= 0.6 is 19.7 Å². The van der Waals surface area contributed by atoms with E-state index in [0.717, 1.165) is 4.90 Å². The van der Waals surface area contributed by atoms with Gasteiger partial charge in [0.2, 0.25) is 5.95 Å². The molecule has 0 unspecified atom stereocenters. The zero-order valence-corrected chi connectivity index (χ0v) is 19.4. The van der Waals surface area contributed by atoms with Crippen molar-refractivity contribution in [1.82, 2.24) is 19.5 Å². The van der Waals surface area contributed by atoms with Crippen LogP contribution in [-0.2, 0) is 11.3 Å². The summed E-state index contributed by atoms with van der Waals surface area (Å²) in [5, 5.41) is 0.463. The molecule has 186 valence electrons. The standard InChI is InChI=1S/C19H20F6N5O2PS/c1-31-12-4-2-3-5-13(12)34-16-14-15(28-17(26)29-16)30(10-27-14)6-7-32-11-33(8-18(20,21)22)9-19(23,24)25/h2-5,10H,6-9,11H2,1H3,(H2,26,28,29). The molecule has 7 nitrogen and oxygen atoms in total. The summed E-state index contributed by atoms with van der Waals surface area (Å²) in [5.41, 5.74) is 6.63. The lowest BCUT2D eigenvalue weighted by atomic mass is 10.3. The molecule has 1 aromatic carbocycles. The summed E-state index contributed by atoms with van der Waals surface area (Å²) in [6, 6.07) is 7.26. The number of hydrogen-bond donors (Lipinski definition) is 1. The minimum Gasteiger partial charge on any atom is -0.496 e. The maximum atomic E-state index is 12.6. The molecule has 2 N–H and O–H groups in total. The summed E-state index contributed by atoms with van der Waals surface area (Å²) < 4.78 is 87.7. The van der Waals surface area contributed by atoms with Crippen molar-refractivity contribution in [3.05, 3.63) is 30.6 Å². The summed E-state index contributed by atoms with van der Waals surface area (Å²) in [7, 11) is -0.907. The first-order chi connectivity index (χ1) is 15.9. The van der Waals surface area contributed by atoms with Gasteiger partial charge in [0.25, 0.3) is 0 Å². The van der Waals surface area contributed by atoms with Gasteiger partial charge in [-0.3, -0.25) is 0 Å². The van der Waals surface area contributed by atoms with Crippen molar-refractivity contribution >= 4 is 36.8 Å². The normalized spacial score (nSPS) is 12.6. The highest BCUT2D eigenvalue weighted by Gasteiger charge is 2.38. The number of halogens is 6. The Morgan fingerprint density at radius 2 is 1.74 bits per heavy atom. The highest BCUT2D eigenvalue weighted by atomic mass is 32.2. The largest absolute Gasteiger partial charge is 0.496 e. The Hall–Kier alpha value is -2.31. The second-order valence-corrected chi connectivity index (χ2v) is 10.3. The fraction of sp³-hybridized carbons (Fsp3) is 0.421. The third kappa shape index (κ3) is 7.60. The predicted octanol–water partition coefficient (Wildman–Crippen LogP) is 5.15. The van der Waals surface area contributed by atoms with Gasteiger partial charge >= 0.3 is 12.4 Å². The summed E-state index contributed by atoms with van der Waals surface area (Å²) in [6.45, 7) is -0.0220. The van der Waals surface area contributed by atoms with E-state index in [0.29, 0.717) is 21.9 Å². The number of nitrogen functional groups attached to an aromatic ring is 1. The van der Waals surface area contributed by atoms with Crippen LogP contribution in [0.2, 0.25) is 0 Å². The zero-order chi connectivity index (χ0) is 24.9. The molecule has 15 heteroatoms. The van der Waals surface area contributed by atoms with E-state index in [1.807, 2.05) is 18.2 Å². The highest BCUT2D eigenvalue weighted by molar-refractivity contribution is 7.99. The molecular weight excluding hydrogens is 507 g/mol. The fourth-order valence-electron chi connectivity index (χ4n) is 2.99. The number of benzene rings is 1. The second kappa shape index (κ2) is 11.0. The SMILES string of the molecule is COc1ccccc1Sc1nc(N)nc2c1ncn2CCOCP(CC(F)(F)F)CC(F)(F)F. The number of hydrogen-bond acceptors (Lipinski definition) is 7. The van der Waals surface area contributed by atoms with Gasteiger partial charge in [0.15, 0.2) is 5.65 Å². The van der Waals surface area contributed by atoms with Gasteiger partial charge in [-0.1, -0.05) is 31.8 Å². The molecule has 3 rings (SSSR count). The number of aromatic nitrogens is 4. The van der Waals surface area contributed by atoms with Crippen molar-refractivity contribution in [2.75, 3.05) is 38.1 Å². The van der Waals surface area contributed by atoms with Gasteiger partial charge in [0, 0.05) is 6.54 Å². The van der Waals surface area contributed by atoms with Crippen molar-refractivity contribution in [3.63, 3.8) is 0 Å². The first-order valence-electron chi connectivity index (χ1n) is 9.68. The Kier molecular flexibility index (Phi) is 8.47. The van der Waals surface area contributed by atoms with E-state index < -0.39 is 38.9 Å². The molecule has 0 spiro atoms. The van der Waals surface area contributed by atoms with Gasteiger partial charge in [-0.15, -0.1) is 0 Å². The Morgan fingerprint density at radius 3 is 2.38 bits per heavy atom. The van der Waals surface area contributed by atoms with Gasteiger partial charge < -0.3 is 19.8 Å². The third-order valence-electron chi connectivity index (χ3n) is 4.28. The lowest BCUT2D eigenvalue weighted by Crippen LogP contribution is -2.22. The molecule has 0 aliphatic heterocycles. The fourth-order valence-corrected chi connectivity index (χ4v) is 5.67. The molecule has 34 heavy (non-hydrogen) atoms. The number of nitrogens with two attached hydrogens (primary N) is 1. The van der Waals surface area contributed by atoms with Crippen LogP contribution in [0.5, 0.6) is 5.75 Å². The van der Waals surface area contributed by atoms with E-state index >= 15 is 0 Å². The predicted molar refractivity (Wildman–Crippen MR) is 116 cm³/mol. The number of fused-ring (bicyclic) bond motifs is 1. The van der Waals surface area contributed by atoms with E-state index in [9.17, 15) is 26.3 Å². The molecule has 0 radical (unpaired) electrons. The summed E-state index contributed by atoms with van der Waals surface area (Å²) in [6.07, 6.45) is -11.6. The Balaban J connectivity index is 1.69. The molecule has 0 aliphatic carbocycles. The Bertz CT molecular complexity index is 1090. The van der Waals surface area contributed by atoms with Crippen LogP contribution in [0.15, 0.2) is 40.5 Å². The van der Waals surface area contributed by atoms with Crippen molar-refractivity contribution in [2.24, 2.45) is 0 Å². The van der Waals surface area contributed by atoms with Gasteiger partial charge in [-0.25, -0.2) is 9.97 Å². The second-order valence-electron chi connectivity index (χ2n) is 7.00. The number of rotatable bonds is 10. The van der Waals surface area contributed by atoms with Crippen LogP contribution in [-0.4, -0.2) is 64.3 Å². The Labute approximate surface area is 195 Å². The summed E-state index contributed by atoms with van der Waals surface area (Å²) >= 11 is 1.26. The van der Waals surface area contributed by atoms with E-state index in [1.54, 1.807) is 10.6 Å². The maximum absolute atomic E-state index is 12.6. The van der Waals surface area contributed by atoms with Gasteiger partial charge in [0.1, 0.15) is 16.3 Å². The maximum Gasteiger partial charge on any atom is 0.392 e. The molecular formula is C19H20F6N5O2PS. The van der Waals surface area contributed by atoms with Gasteiger partial charge in [0.05, 0.1) is 43.6 Å². The van der Waals surface area contributed by atoms with Crippen LogP contribution in [0.1, 0.15) is 0 Å². The number of ether oxygens (including phenoxy) is 2. The number of para-hydroxylation sites is 1. The molecule has 3 aromatic rings. The van der Waals surface area contributed by atoms with Crippen LogP contribution < -0.4 is 10.5 Å². The van der Waals surface area contributed by atoms with Crippen molar-refractivity contribution in [2.45, 2.75) is 28.8 Å². The average Bonchev–Trinajstić information content (AvgIpc) is 3.12. The topological polar surface area (TPSA) is 88.1 Å². The van der Waals surface area contributed by atoms with Crippen LogP contribution in [0.3, 0.4) is 0 Å². The molecule has 0 saturated heterocycles. The van der Waals surface area contributed by atoms with Crippen LogP contribution in [0.4, 0.5) is 32.3 Å². The minimum absolute atomic E-state index is 0.0218. The van der Waals surface area contributed by atoms with Crippen molar-refractivity contribution < 1.29 is 35.8 Å². The molecule has 0 amide bonds. The molecule has 2 aromatic heterocycles. The number of alkyl halides is 6. The number of methoxy groups -OCH3 is 1. The number of imidazole rings is 1. The first kappa shape index (κ1) is 26.3. The molecule has 0 atom stereocenters. The van der Waals surface area contributed by atoms with Crippen LogP contribution in [0, 0.1) is 0 Å². The monoisotopic (exact) mass is 527 g/mol. The molecule has 0 fully saturated rings. The lowest BCUT2D eigenvalue weighted by molar-refractivity contribution is -0.112. The minimum atomic E-state index is -4.69. The van der Waals surface area contributed by atoms with Crippen molar-refractivity contribution in [3.8, 4) is 5.75 Å².